The molecule has 6 heteroatoms. The molecule has 2 aromatic heterocycles. The van der Waals surface area contributed by atoms with Gasteiger partial charge < -0.3 is 5.32 Å². The molecule has 2 unspecified atom stereocenters. The van der Waals surface area contributed by atoms with Crippen molar-refractivity contribution in [2.45, 2.75) is 13.8 Å². The number of pyridine rings is 1. The average molecular weight is 400 g/mol. The summed E-state index contributed by atoms with van der Waals surface area (Å²) in [6.07, 6.45) is 3.65. The number of amides is 1. The molecule has 1 amide bonds. The highest BCUT2D eigenvalue weighted by Crippen LogP contribution is 2.60. The topological polar surface area (TPSA) is 46.4 Å². The van der Waals surface area contributed by atoms with Gasteiger partial charge in [0, 0.05) is 11.8 Å². The van der Waals surface area contributed by atoms with Gasteiger partial charge in [-0.05, 0) is 29.5 Å². The number of hydrogen-bond acceptors (Lipinski definition) is 2. The number of hydrogen-bond donors (Lipinski definition) is 1. The van der Waals surface area contributed by atoms with Gasteiger partial charge in [-0.2, -0.15) is 0 Å². The average Bonchev–Trinajstić information content (AvgIpc) is 2.99. The van der Waals surface area contributed by atoms with E-state index in [1.165, 1.54) is 0 Å². The van der Waals surface area contributed by atoms with Crippen molar-refractivity contribution in [2.75, 3.05) is 5.32 Å². The molecule has 1 N–H and O–H groups in total. The Kier molecular flexibility index (Phi) is 4.49. The van der Waals surface area contributed by atoms with Gasteiger partial charge >= 0.3 is 0 Å². The molecular formula is C21H19Cl2N3O. The van der Waals surface area contributed by atoms with Gasteiger partial charge in [0.2, 0.25) is 5.91 Å². The van der Waals surface area contributed by atoms with Gasteiger partial charge in [-0.25, -0.2) is 4.98 Å². The summed E-state index contributed by atoms with van der Waals surface area (Å²) in [7, 11) is 0. The highest BCUT2D eigenvalue weighted by Gasteiger charge is 2.60. The Balaban J connectivity index is 1.72. The highest BCUT2D eigenvalue weighted by molar-refractivity contribution is 6.55. The first-order valence-electron chi connectivity index (χ1n) is 8.76. The van der Waals surface area contributed by atoms with Crippen LogP contribution in [-0.2, 0) is 4.79 Å². The maximum atomic E-state index is 13.0. The molecule has 1 aromatic carbocycles. The number of allylic oxidation sites excluding steroid dienone is 1. The van der Waals surface area contributed by atoms with Crippen LogP contribution in [-0.4, -0.2) is 15.3 Å². The van der Waals surface area contributed by atoms with Crippen LogP contribution >= 0.6 is 23.2 Å². The SMILES string of the molecule is CC1(C)C(C=C(Cl)Cl)C1C(=O)Nc1c(-c2ccccc2)nc2ccccn12. The molecule has 2 heterocycles. The number of imidazole rings is 1. The van der Waals surface area contributed by atoms with Crippen molar-refractivity contribution in [1.29, 1.82) is 0 Å². The zero-order valence-electron chi connectivity index (χ0n) is 15.0. The largest absolute Gasteiger partial charge is 0.310 e. The van der Waals surface area contributed by atoms with Gasteiger partial charge in [0.1, 0.15) is 21.7 Å². The van der Waals surface area contributed by atoms with E-state index in [0.29, 0.717) is 5.82 Å². The van der Waals surface area contributed by atoms with E-state index in [0.717, 1.165) is 16.9 Å². The molecule has 1 aliphatic rings. The van der Waals surface area contributed by atoms with E-state index in [1.54, 1.807) is 6.08 Å². The monoisotopic (exact) mass is 399 g/mol. The smallest absolute Gasteiger partial charge is 0.229 e. The first kappa shape index (κ1) is 18.1. The molecule has 0 aliphatic heterocycles. The maximum Gasteiger partial charge on any atom is 0.229 e. The first-order valence-corrected chi connectivity index (χ1v) is 9.51. The van der Waals surface area contributed by atoms with Crippen molar-refractivity contribution >= 4 is 40.6 Å². The van der Waals surface area contributed by atoms with Gasteiger partial charge in [0.25, 0.3) is 0 Å². The van der Waals surface area contributed by atoms with Crippen molar-refractivity contribution in [1.82, 2.24) is 9.38 Å². The number of fused-ring (bicyclic) bond motifs is 1. The third-order valence-corrected chi connectivity index (χ3v) is 5.57. The molecule has 3 aromatic rings. The minimum absolute atomic E-state index is 0.0156. The van der Waals surface area contributed by atoms with Crippen LogP contribution in [0.2, 0.25) is 0 Å². The summed E-state index contributed by atoms with van der Waals surface area (Å²) in [4.78, 5) is 17.8. The van der Waals surface area contributed by atoms with Crippen molar-refractivity contribution in [3.8, 4) is 11.3 Å². The Labute approximate surface area is 167 Å². The van der Waals surface area contributed by atoms with Crippen molar-refractivity contribution in [3.05, 3.63) is 65.3 Å². The minimum atomic E-state index is -0.192. The molecule has 138 valence electrons. The zero-order valence-corrected chi connectivity index (χ0v) is 16.5. The third-order valence-electron chi connectivity index (χ3n) is 5.32. The van der Waals surface area contributed by atoms with Gasteiger partial charge in [-0.3, -0.25) is 9.20 Å². The number of aromatic nitrogens is 2. The summed E-state index contributed by atoms with van der Waals surface area (Å²) >= 11 is 11.6. The highest BCUT2D eigenvalue weighted by atomic mass is 35.5. The van der Waals surface area contributed by atoms with Crippen molar-refractivity contribution < 1.29 is 4.79 Å². The second kappa shape index (κ2) is 6.70. The molecule has 1 aliphatic carbocycles. The Hall–Kier alpha value is -2.30. The molecule has 4 nitrogen and oxygen atoms in total. The van der Waals surface area contributed by atoms with Crippen molar-refractivity contribution in [2.24, 2.45) is 17.3 Å². The molecule has 0 spiro atoms. The number of carbonyl (C=O) groups is 1. The number of carbonyl (C=O) groups excluding carboxylic acids is 1. The summed E-state index contributed by atoms with van der Waals surface area (Å²) in [5, 5.41) is 3.10. The lowest BCUT2D eigenvalue weighted by Gasteiger charge is -2.08. The summed E-state index contributed by atoms with van der Waals surface area (Å²) in [6, 6.07) is 15.6. The lowest BCUT2D eigenvalue weighted by Crippen LogP contribution is -2.18. The van der Waals surface area contributed by atoms with Gasteiger partial charge in [-0.15, -0.1) is 0 Å². The van der Waals surface area contributed by atoms with Gasteiger partial charge in [-0.1, -0.05) is 73.4 Å². The maximum absolute atomic E-state index is 13.0. The van der Waals surface area contributed by atoms with Crippen LogP contribution in [0.1, 0.15) is 13.8 Å². The molecule has 4 rings (SSSR count). The number of rotatable bonds is 4. The predicted molar refractivity (Wildman–Crippen MR) is 110 cm³/mol. The fraction of sp³-hybridized carbons (Fsp3) is 0.238. The van der Waals surface area contributed by atoms with E-state index in [2.05, 4.69) is 5.32 Å². The zero-order chi connectivity index (χ0) is 19.2. The van der Waals surface area contributed by atoms with Crippen LogP contribution in [0, 0.1) is 17.3 Å². The van der Waals surface area contributed by atoms with Crippen molar-refractivity contribution in [3.63, 3.8) is 0 Å². The van der Waals surface area contributed by atoms with E-state index >= 15 is 0 Å². The number of nitrogens with one attached hydrogen (secondary N) is 1. The van der Waals surface area contributed by atoms with E-state index in [9.17, 15) is 4.79 Å². The molecule has 1 fully saturated rings. The Morgan fingerprint density at radius 3 is 2.56 bits per heavy atom. The molecule has 2 atom stereocenters. The Morgan fingerprint density at radius 1 is 1.15 bits per heavy atom. The molecule has 27 heavy (non-hydrogen) atoms. The van der Waals surface area contributed by atoms with Crippen LogP contribution in [0.4, 0.5) is 5.82 Å². The Morgan fingerprint density at radius 2 is 1.85 bits per heavy atom. The molecule has 0 saturated heterocycles. The normalized spacial score (nSPS) is 20.3. The Bertz CT molecular complexity index is 1040. The van der Waals surface area contributed by atoms with Crippen LogP contribution in [0.15, 0.2) is 65.3 Å². The third kappa shape index (κ3) is 3.24. The van der Waals surface area contributed by atoms with Crippen LogP contribution in [0.5, 0.6) is 0 Å². The predicted octanol–water partition coefficient (Wildman–Crippen LogP) is 5.53. The summed E-state index contributed by atoms with van der Waals surface area (Å²) < 4.78 is 2.10. The summed E-state index contributed by atoms with van der Waals surface area (Å²) in [5.41, 5.74) is 2.29. The summed E-state index contributed by atoms with van der Waals surface area (Å²) in [6.45, 7) is 4.09. The second-order valence-electron chi connectivity index (χ2n) is 7.37. The fourth-order valence-electron chi connectivity index (χ4n) is 3.73. The quantitative estimate of drug-likeness (QED) is 0.626. The number of halogens is 2. The molecule has 0 bridgehead atoms. The van der Waals surface area contributed by atoms with Gasteiger partial charge in [0.05, 0.1) is 5.92 Å². The summed E-state index contributed by atoms with van der Waals surface area (Å²) in [5.74, 6) is 0.438. The first-order chi connectivity index (χ1) is 12.9. The number of anilines is 1. The fourth-order valence-corrected chi connectivity index (χ4v) is 4.00. The second-order valence-corrected chi connectivity index (χ2v) is 8.38. The van der Waals surface area contributed by atoms with E-state index in [4.69, 9.17) is 28.2 Å². The van der Waals surface area contributed by atoms with E-state index in [1.807, 2.05) is 73.0 Å². The van der Waals surface area contributed by atoms with Crippen LogP contribution in [0.3, 0.4) is 0 Å². The van der Waals surface area contributed by atoms with Crippen LogP contribution < -0.4 is 5.32 Å². The molecular weight excluding hydrogens is 381 g/mol. The number of benzene rings is 1. The standard InChI is InChI=1S/C21H19Cl2N3O/c1-21(2)14(12-15(22)23)17(21)20(27)25-19-18(13-8-4-3-5-9-13)24-16-10-6-7-11-26(16)19/h3-12,14,17H,1-2H3,(H,25,27). The number of nitrogens with zero attached hydrogens (tertiary/aromatic N) is 2. The van der Waals surface area contributed by atoms with E-state index < -0.39 is 0 Å². The lowest BCUT2D eigenvalue weighted by atomic mass is 10.1. The minimum Gasteiger partial charge on any atom is -0.310 e. The van der Waals surface area contributed by atoms with Crippen LogP contribution in [0.25, 0.3) is 16.9 Å². The molecule has 1 saturated carbocycles. The van der Waals surface area contributed by atoms with E-state index in [-0.39, 0.29) is 27.6 Å². The lowest BCUT2D eigenvalue weighted by molar-refractivity contribution is -0.118. The van der Waals surface area contributed by atoms with Gasteiger partial charge in [0.15, 0.2) is 0 Å². The molecule has 0 radical (unpaired) electrons.